The van der Waals surface area contributed by atoms with Gasteiger partial charge in [-0.3, -0.25) is 4.79 Å². The minimum atomic E-state index is 0.0685. The second-order valence-corrected chi connectivity index (χ2v) is 6.73. The van der Waals surface area contributed by atoms with Crippen LogP contribution in [0.1, 0.15) is 37.7 Å². The van der Waals surface area contributed by atoms with E-state index in [0.29, 0.717) is 19.0 Å². The van der Waals surface area contributed by atoms with Crippen molar-refractivity contribution in [2.45, 2.75) is 37.5 Å². The van der Waals surface area contributed by atoms with E-state index in [4.69, 9.17) is 10.5 Å². The SMILES string of the molecule is COc1ccccc1C1(CNC(=O)[C@@H]2CCC[C@@H]2CN)CC1. The largest absolute Gasteiger partial charge is 0.496 e. The van der Waals surface area contributed by atoms with Gasteiger partial charge < -0.3 is 15.8 Å². The van der Waals surface area contributed by atoms with E-state index in [1.807, 2.05) is 18.2 Å². The van der Waals surface area contributed by atoms with E-state index in [0.717, 1.165) is 37.9 Å². The number of ether oxygens (including phenoxy) is 1. The molecule has 2 atom stereocenters. The molecular formula is C18H26N2O2. The number of rotatable bonds is 6. The molecule has 0 saturated heterocycles. The fraction of sp³-hybridized carbons (Fsp3) is 0.611. The third-order valence-corrected chi connectivity index (χ3v) is 5.43. The average molecular weight is 302 g/mol. The number of hydrogen-bond acceptors (Lipinski definition) is 3. The fourth-order valence-electron chi connectivity index (χ4n) is 3.83. The van der Waals surface area contributed by atoms with Crippen LogP contribution in [0.3, 0.4) is 0 Å². The highest BCUT2D eigenvalue weighted by Crippen LogP contribution is 2.50. The molecule has 0 radical (unpaired) electrons. The Hall–Kier alpha value is -1.55. The standard InChI is InChI=1S/C18H26N2O2/c1-22-16-8-3-2-7-15(16)18(9-10-18)12-20-17(21)14-6-4-5-13(14)11-19/h2-3,7-8,13-14H,4-6,9-12,19H2,1H3,(H,20,21)/t13-,14-/m1/s1. The Bertz CT molecular complexity index is 540. The van der Waals surface area contributed by atoms with Crippen LogP contribution in [-0.2, 0) is 10.2 Å². The van der Waals surface area contributed by atoms with E-state index < -0.39 is 0 Å². The predicted molar refractivity (Wildman–Crippen MR) is 86.8 cm³/mol. The molecule has 3 N–H and O–H groups in total. The Balaban J connectivity index is 1.65. The first-order chi connectivity index (χ1) is 10.7. The smallest absolute Gasteiger partial charge is 0.223 e. The Morgan fingerprint density at radius 1 is 1.36 bits per heavy atom. The maximum absolute atomic E-state index is 12.5. The van der Waals surface area contributed by atoms with Gasteiger partial charge in [0.25, 0.3) is 0 Å². The number of methoxy groups -OCH3 is 1. The summed E-state index contributed by atoms with van der Waals surface area (Å²) in [6.07, 6.45) is 5.41. The van der Waals surface area contributed by atoms with E-state index in [1.54, 1.807) is 7.11 Å². The van der Waals surface area contributed by atoms with Gasteiger partial charge in [-0.15, -0.1) is 0 Å². The Morgan fingerprint density at radius 2 is 2.14 bits per heavy atom. The van der Waals surface area contributed by atoms with Crippen molar-refractivity contribution in [2.75, 3.05) is 20.2 Å². The first-order valence-electron chi connectivity index (χ1n) is 8.31. The first kappa shape index (κ1) is 15.3. The Kier molecular flexibility index (Phi) is 4.39. The van der Waals surface area contributed by atoms with Gasteiger partial charge in [-0.1, -0.05) is 24.6 Å². The molecule has 0 aromatic heterocycles. The lowest BCUT2D eigenvalue weighted by Crippen LogP contribution is -2.39. The monoisotopic (exact) mass is 302 g/mol. The highest BCUT2D eigenvalue weighted by molar-refractivity contribution is 5.79. The zero-order chi connectivity index (χ0) is 15.6. The number of para-hydroxylation sites is 1. The molecule has 2 saturated carbocycles. The van der Waals surface area contributed by atoms with Crippen molar-refractivity contribution in [3.05, 3.63) is 29.8 Å². The van der Waals surface area contributed by atoms with Crippen LogP contribution in [-0.4, -0.2) is 26.1 Å². The maximum atomic E-state index is 12.5. The van der Waals surface area contributed by atoms with Crippen LogP contribution in [0.2, 0.25) is 0 Å². The van der Waals surface area contributed by atoms with Crippen LogP contribution in [0.5, 0.6) is 5.75 Å². The molecule has 2 aliphatic carbocycles. The molecule has 0 spiro atoms. The van der Waals surface area contributed by atoms with Gasteiger partial charge in [-0.2, -0.15) is 0 Å². The number of nitrogens with one attached hydrogen (secondary N) is 1. The Labute approximate surface area is 132 Å². The van der Waals surface area contributed by atoms with Crippen LogP contribution >= 0.6 is 0 Å². The van der Waals surface area contributed by atoms with Crippen molar-refractivity contribution in [2.24, 2.45) is 17.6 Å². The quantitative estimate of drug-likeness (QED) is 0.847. The number of benzene rings is 1. The van der Waals surface area contributed by atoms with E-state index in [-0.39, 0.29) is 17.2 Å². The van der Waals surface area contributed by atoms with Gasteiger partial charge in [0.1, 0.15) is 5.75 Å². The van der Waals surface area contributed by atoms with Gasteiger partial charge in [0.2, 0.25) is 5.91 Å². The third kappa shape index (κ3) is 2.84. The van der Waals surface area contributed by atoms with Crippen molar-refractivity contribution < 1.29 is 9.53 Å². The number of carbonyl (C=O) groups is 1. The lowest BCUT2D eigenvalue weighted by atomic mass is 9.92. The molecule has 22 heavy (non-hydrogen) atoms. The van der Waals surface area contributed by atoms with Crippen LogP contribution in [0, 0.1) is 11.8 Å². The molecule has 4 heteroatoms. The second kappa shape index (κ2) is 6.29. The van der Waals surface area contributed by atoms with Crippen molar-refractivity contribution >= 4 is 5.91 Å². The maximum Gasteiger partial charge on any atom is 0.223 e. The minimum Gasteiger partial charge on any atom is -0.496 e. The van der Waals surface area contributed by atoms with Gasteiger partial charge in [-0.05, 0) is 44.2 Å². The highest BCUT2D eigenvalue weighted by atomic mass is 16.5. The topological polar surface area (TPSA) is 64.3 Å². The number of hydrogen-bond donors (Lipinski definition) is 2. The zero-order valence-electron chi connectivity index (χ0n) is 13.3. The summed E-state index contributed by atoms with van der Waals surface area (Å²) in [4.78, 5) is 12.5. The van der Waals surface area contributed by atoms with Crippen molar-refractivity contribution in [1.29, 1.82) is 0 Å². The summed E-state index contributed by atoms with van der Waals surface area (Å²) in [6.45, 7) is 1.33. The molecule has 2 fully saturated rings. The lowest BCUT2D eigenvalue weighted by molar-refractivity contribution is -0.126. The van der Waals surface area contributed by atoms with Gasteiger partial charge >= 0.3 is 0 Å². The van der Waals surface area contributed by atoms with E-state index in [2.05, 4.69) is 11.4 Å². The van der Waals surface area contributed by atoms with Crippen molar-refractivity contribution in [1.82, 2.24) is 5.32 Å². The molecule has 0 bridgehead atoms. The lowest BCUT2D eigenvalue weighted by Gasteiger charge is -2.22. The van der Waals surface area contributed by atoms with E-state index >= 15 is 0 Å². The average Bonchev–Trinajstić information content (AvgIpc) is 3.20. The summed E-state index contributed by atoms with van der Waals surface area (Å²) in [5, 5.41) is 3.19. The molecular weight excluding hydrogens is 276 g/mol. The summed E-state index contributed by atoms with van der Waals surface area (Å²) >= 11 is 0. The molecule has 1 amide bonds. The molecule has 0 heterocycles. The summed E-state index contributed by atoms with van der Waals surface area (Å²) in [6, 6.07) is 8.15. The van der Waals surface area contributed by atoms with Crippen LogP contribution in [0.4, 0.5) is 0 Å². The van der Waals surface area contributed by atoms with Gasteiger partial charge in [-0.25, -0.2) is 0 Å². The van der Waals surface area contributed by atoms with E-state index in [1.165, 1.54) is 5.56 Å². The summed E-state index contributed by atoms with van der Waals surface area (Å²) in [5.41, 5.74) is 7.08. The molecule has 3 rings (SSSR count). The molecule has 1 aromatic carbocycles. The number of nitrogens with two attached hydrogens (primary N) is 1. The summed E-state index contributed by atoms with van der Waals surface area (Å²) < 4.78 is 5.48. The number of carbonyl (C=O) groups excluding carboxylic acids is 1. The van der Waals surface area contributed by atoms with E-state index in [9.17, 15) is 4.79 Å². The van der Waals surface area contributed by atoms with Crippen LogP contribution < -0.4 is 15.8 Å². The number of amides is 1. The molecule has 0 aliphatic heterocycles. The second-order valence-electron chi connectivity index (χ2n) is 6.73. The summed E-state index contributed by atoms with van der Waals surface area (Å²) in [7, 11) is 1.71. The highest BCUT2D eigenvalue weighted by Gasteiger charge is 2.46. The van der Waals surface area contributed by atoms with Gasteiger partial charge in [0.05, 0.1) is 7.11 Å². The normalized spacial score (nSPS) is 25.7. The molecule has 4 nitrogen and oxygen atoms in total. The van der Waals surface area contributed by atoms with Gasteiger partial charge in [0.15, 0.2) is 0 Å². The molecule has 0 unspecified atom stereocenters. The van der Waals surface area contributed by atoms with Crippen LogP contribution in [0.15, 0.2) is 24.3 Å². The summed E-state index contributed by atoms with van der Waals surface area (Å²) in [5.74, 6) is 1.59. The predicted octanol–water partition coefficient (Wildman–Crippen LogP) is 2.22. The van der Waals surface area contributed by atoms with Gasteiger partial charge in [0, 0.05) is 23.4 Å². The third-order valence-electron chi connectivity index (χ3n) is 5.43. The molecule has 120 valence electrons. The Morgan fingerprint density at radius 3 is 2.82 bits per heavy atom. The molecule has 1 aromatic rings. The van der Waals surface area contributed by atoms with Crippen molar-refractivity contribution in [3.63, 3.8) is 0 Å². The minimum absolute atomic E-state index is 0.0685. The zero-order valence-corrected chi connectivity index (χ0v) is 13.3. The fourth-order valence-corrected chi connectivity index (χ4v) is 3.83. The molecule has 2 aliphatic rings. The van der Waals surface area contributed by atoms with Crippen LogP contribution in [0.25, 0.3) is 0 Å². The first-order valence-corrected chi connectivity index (χ1v) is 8.31. The van der Waals surface area contributed by atoms with Crippen molar-refractivity contribution in [3.8, 4) is 5.75 Å².